The van der Waals surface area contributed by atoms with Crippen molar-refractivity contribution in [2.45, 2.75) is 37.8 Å². The van der Waals surface area contributed by atoms with Crippen LogP contribution in [-0.4, -0.2) is 57.0 Å². The number of hydrogen-bond donors (Lipinski definition) is 3. The molecule has 1 aliphatic carbocycles. The first-order valence-corrected chi connectivity index (χ1v) is 9.38. The van der Waals surface area contributed by atoms with E-state index in [9.17, 15) is 14.9 Å². The van der Waals surface area contributed by atoms with E-state index in [2.05, 4.69) is 39.6 Å². The van der Waals surface area contributed by atoms with Gasteiger partial charge in [0.2, 0.25) is 11.8 Å². The molecule has 0 saturated heterocycles. The third kappa shape index (κ3) is 5.17. The minimum absolute atomic E-state index is 0.113. The standard InChI is InChI=1S/C19H24N6O4/c1-24(2)15-9-7-13(8-10-15)21-17-16(25(28)29)11-20-19(23-17)22-14-5-3-12(4-6-14)18(26)27/h3-6,11,13,15H,7-10H2,1-2H3,(H,26,27)(H2,20,21,22,23)/t13-,15-. The number of benzene rings is 1. The maximum absolute atomic E-state index is 11.4. The summed E-state index contributed by atoms with van der Waals surface area (Å²) >= 11 is 0. The van der Waals surface area contributed by atoms with E-state index in [1.54, 1.807) is 12.1 Å². The number of aromatic nitrogens is 2. The molecule has 10 heteroatoms. The van der Waals surface area contributed by atoms with Crippen molar-refractivity contribution in [1.29, 1.82) is 0 Å². The van der Waals surface area contributed by atoms with Crippen LogP contribution in [0.5, 0.6) is 0 Å². The van der Waals surface area contributed by atoms with Gasteiger partial charge in [-0.15, -0.1) is 0 Å². The predicted molar refractivity (Wildman–Crippen MR) is 109 cm³/mol. The third-order valence-corrected chi connectivity index (χ3v) is 5.12. The number of carboxylic acid groups (broad SMARTS) is 1. The van der Waals surface area contributed by atoms with Gasteiger partial charge >= 0.3 is 11.7 Å². The summed E-state index contributed by atoms with van der Waals surface area (Å²) in [5.41, 5.74) is 0.573. The second-order valence-electron chi connectivity index (χ2n) is 7.31. The largest absolute Gasteiger partial charge is 0.478 e. The molecule has 1 heterocycles. The molecular weight excluding hydrogens is 376 g/mol. The molecular formula is C19H24N6O4. The van der Waals surface area contributed by atoms with E-state index < -0.39 is 10.9 Å². The highest BCUT2D eigenvalue weighted by atomic mass is 16.6. The summed E-state index contributed by atoms with van der Waals surface area (Å²) in [7, 11) is 4.13. The first-order chi connectivity index (χ1) is 13.8. The fourth-order valence-electron chi connectivity index (χ4n) is 3.43. The Morgan fingerprint density at radius 1 is 1.21 bits per heavy atom. The fourth-order valence-corrected chi connectivity index (χ4v) is 3.43. The van der Waals surface area contributed by atoms with Crippen molar-refractivity contribution in [3.63, 3.8) is 0 Å². The predicted octanol–water partition coefficient (Wildman–Crippen LogP) is 3.11. The maximum atomic E-state index is 11.4. The normalized spacial score (nSPS) is 19.0. The lowest BCUT2D eigenvalue weighted by Crippen LogP contribution is -2.36. The molecule has 1 aliphatic rings. The summed E-state index contributed by atoms with van der Waals surface area (Å²) in [6.07, 6.45) is 5.02. The Labute approximate surface area is 168 Å². The summed E-state index contributed by atoms with van der Waals surface area (Å²) in [5, 5.41) is 26.5. The van der Waals surface area contributed by atoms with Crippen LogP contribution in [0.25, 0.3) is 0 Å². The van der Waals surface area contributed by atoms with E-state index in [1.807, 2.05) is 0 Å². The summed E-state index contributed by atoms with van der Waals surface area (Å²) in [5.74, 6) is -0.635. The molecule has 1 aromatic heterocycles. The highest BCUT2D eigenvalue weighted by molar-refractivity contribution is 5.88. The molecule has 3 N–H and O–H groups in total. The Morgan fingerprint density at radius 3 is 2.41 bits per heavy atom. The molecule has 1 saturated carbocycles. The van der Waals surface area contributed by atoms with Crippen molar-refractivity contribution in [1.82, 2.24) is 14.9 Å². The number of nitrogens with one attached hydrogen (secondary N) is 2. The molecule has 10 nitrogen and oxygen atoms in total. The number of carboxylic acids is 1. The van der Waals surface area contributed by atoms with Gasteiger partial charge in [0.15, 0.2) is 0 Å². The fraction of sp³-hybridized carbons (Fsp3) is 0.421. The van der Waals surface area contributed by atoms with Crippen molar-refractivity contribution >= 4 is 29.1 Å². The van der Waals surface area contributed by atoms with Crippen LogP contribution in [0, 0.1) is 10.1 Å². The lowest BCUT2D eigenvalue weighted by Gasteiger charge is -2.33. The highest BCUT2D eigenvalue weighted by Gasteiger charge is 2.25. The third-order valence-electron chi connectivity index (χ3n) is 5.12. The Balaban J connectivity index is 1.74. The Hall–Kier alpha value is -3.27. The van der Waals surface area contributed by atoms with E-state index in [4.69, 9.17) is 5.11 Å². The van der Waals surface area contributed by atoms with E-state index >= 15 is 0 Å². The molecule has 1 fully saturated rings. The number of nitro groups is 1. The molecule has 0 radical (unpaired) electrons. The molecule has 3 rings (SSSR count). The first kappa shape index (κ1) is 20.5. The van der Waals surface area contributed by atoms with Crippen LogP contribution in [-0.2, 0) is 0 Å². The summed E-state index contributed by atoms with van der Waals surface area (Å²) < 4.78 is 0. The second-order valence-corrected chi connectivity index (χ2v) is 7.31. The van der Waals surface area contributed by atoms with E-state index in [-0.39, 0.29) is 29.1 Å². The van der Waals surface area contributed by atoms with Crippen LogP contribution in [0.15, 0.2) is 30.5 Å². The SMILES string of the molecule is CN(C)[C@H]1CC[C@H](Nc2nc(Nc3ccc(C(=O)O)cc3)ncc2[N+](=O)[O-])CC1. The molecule has 0 atom stereocenters. The molecule has 0 bridgehead atoms. The van der Waals surface area contributed by atoms with E-state index in [0.29, 0.717) is 11.7 Å². The maximum Gasteiger partial charge on any atom is 0.335 e. The summed E-state index contributed by atoms with van der Waals surface area (Å²) in [6.45, 7) is 0. The van der Waals surface area contributed by atoms with Gasteiger partial charge in [-0.25, -0.2) is 9.78 Å². The Bertz CT molecular complexity index is 879. The highest BCUT2D eigenvalue weighted by Crippen LogP contribution is 2.29. The Morgan fingerprint density at radius 2 is 1.86 bits per heavy atom. The quantitative estimate of drug-likeness (QED) is 0.473. The van der Waals surface area contributed by atoms with E-state index in [1.165, 1.54) is 18.3 Å². The molecule has 0 amide bonds. The lowest BCUT2D eigenvalue weighted by molar-refractivity contribution is -0.384. The van der Waals surface area contributed by atoms with Crippen LogP contribution < -0.4 is 10.6 Å². The van der Waals surface area contributed by atoms with Gasteiger partial charge in [0.05, 0.1) is 10.5 Å². The van der Waals surface area contributed by atoms with Gasteiger partial charge in [0.1, 0.15) is 6.20 Å². The molecule has 1 aromatic carbocycles. The number of rotatable bonds is 7. The van der Waals surface area contributed by atoms with Crippen molar-refractivity contribution in [2.75, 3.05) is 24.7 Å². The van der Waals surface area contributed by atoms with Crippen LogP contribution >= 0.6 is 0 Å². The smallest absolute Gasteiger partial charge is 0.335 e. The zero-order valence-corrected chi connectivity index (χ0v) is 16.3. The van der Waals surface area contributed by atoms with Crippen molar-refractivity contribution in [3.05, 3.63) is 46.1 Å². The van der Waals surface area contributed by atoms with Gasteiger partial charge in [0.25, 0.3) is 0 Å². The monoisotopic (exact) mass is 400 g/mol. The molecule has 29 heavy (non-hydrogen) atoms. The number of anilines is 3. The van der Waals surface area contributed by atoms with Crippen molar-refractivity contribution in [3.8, 4) is 0 Å². The zero-order chi connectivity index (χ0) is 21.0. The van der Waals surface area contributed by atoms with Gasteiger partial charge in [-0.05, 0) is 64.0 Å². The molecule has 0 spiro atoms. The van der Waals surface area contributed by atoms with Crippen molar-refractivity contribution < 1.29 is 14.8 Å². The lowest BCUT2D eigenvalue weighted by atomic mass is 9.90. The zero-order valence-electron chi connectivity index (χ0n) is 16.3. The molecule has 0 aliphatic heterocycles. The van der Waals surface area contributed by atoms with Gasteiger partial charge in [0, 0.05) is 17.8 Å². The molecule has 0 unspecified atom stereocenters. The van der Waals surface area contributed by atoms with Gasteiger partial charge in [-0.2, -0.15) is 4.98 Å². The summed E-state index contributed by atoms with van der Waals surface area (Å²) in [6, 6.07) is 6.73. The van der Waals surface area contributed by atoms with Gasteiger partial charge in [-0.3, -0.25) is 10.1 Å². The van der Waals surface area contributed by atoms with Crippen LogP contribution in [0.3, 0.4) is 0 Å². The van der Waals surface area contributed by atoms with Crippen LogP contribution in [0.2, 0.25) is 0 Å². The Kier molecular flexibility index (Phi) is 6.23. The number of nitrogens with zero attached hydrogens (tertiary/aromatic N) is 4. The number of hydrogen-bond acceptors (Lipinski definition) is 8. The molecule has 154 valence electrons. The topological polar surface area (TPSA) is 134 Å². The van der Waals surface area contributed by atoms with Gasteiger partial charge < -0.3 is 20.6 Å². The van der Waals surface area contributed by atoms with Crippen LogP contribution in [0.1, 0.15) is 36.0 Å². The minimum atomic E-state index is -1.02. The van der Waals surface area contributed by atoms with E-state index in [0.717, 1.165) is 25.7 Å². The average molecular weight is 400 g/mol. The van der Waals surface area contributed by atoms with Crippen molar-refractivity contribution in [2.24, 2.45) is 0 Å². The number of carbonyl (C=O) groups is 1. The summed E-state index contributed by atoms with van der Waals surface area (Å²) in [4.78, 5) is 32.3. The first-order valence-electron chi connectivity index (χ1n) is 9.38. The van der Waals surface area contributed by atoms with Gasteiger partial charge in [-0.1, -0.05) is 0 Å². The minimum Gasteiger partial charge on any atom is -0.478 e. The number of aromatic carboxylic acids is 1. The molecule has 2 aromatic rings. The van der Waals surface area contributed by atoms with Crippen LogP contribution in [0.4, 0.5) is 23.1 Å². The second kappa shape index (κ2) is 8.82. The average Bonchev–Trinajstić information content (AvgIpc) is 2.69.